The molecule has 2 fully saturated rings. The first-order chi connectivity index (χ1) is 8.86. The van der Waals surface area contributed by atoms with E-state index in [4.69, 9.17) is 10.7 Å². The van der Waals surface area contributed by atoms with E-state index in [1.165, 1.54) is 38.0 Å². The zero-order chi connectivity index (χ0) is 12.1. The Morgan fingerprint density at radius 3 is 2.83 bits per heavy atom. The molecule has 0 spiro atoms. The SMILES string of the molecule is NCc1c(N2CC3CCCC3C2)nc2sccn12. The van der Waals surface area contributed by atoms with Gasteiger partial charge in [0.1, 0.15) is 0 Å². The highest BCUT2D eigenvalue weighted by molar-refractivity contribution is 7.15. The molecule has 0 radical (unpaired) electrons. The third-order valence-corrected chi connectivity index (χ3v) is 5.32. The van der Waals surface area contributed by atoms with Gasteiger partial charge in [0, 0.05) is 31.2 Å². The molecule has 2 unspecified atom stereocenters. The summed E-state index contributed by atoms with van der Waals surface area (Å²) < 4.78 is 2.15. The highest BCUT2D eigenvalue weighted by Gasteiger charge is 2.37. The Bertz CT molecular complexity index is 561. The zero-order valence-corrected chi connectivity index (χ0v) is 11.2. The van der Waals surface area contributed by atoms with Crippen LogP contribution in [0.4, 0.5) is 5.82 Å². The fourth-order valence-electron chi connectivity index (χ4n) is 3.67. The lowest BCUT2D eigenvalue weighted by molar-refractivity contribution is 0.494. The van der Waals surface area contributed by atoms with Crippen LogP contribution in [0.2, 0.25) is 0 Å². The number of nitrogens with zero attached hydrogens (tertiary/aromatic N) is 3. The first-order valence-corrected chi connectivity index (χ1v) is 7.64. The van der Waals surface area contributed by atoms with Gasteiger partial charge in [0.05, 0.1) is 5.69 Å². The second-order valence-corrected chi connectivity index (χ2v) is 6.37. The number of rotatable bonds is 2. The molecule has 2 aliphatic rings. The molecule has 0 aromatic carbocycles. The summed E-state index contributed by atoms with van der Waals surface area (Å²) in [5.74, 6) is 2.93. The molecular formula is C13H18N4S. The summed E-state index contributed by atoms with van der Waals surface area (Å²) >= 11 is 1.69. The molecule has 0 bridgehead atoms. The lowest BCUT2D eigenvalue weighted by atomic mass is 10.0. The van der Waals surface area contributed by atoms with Crippen LogP contribution < -0.4 is 10.6 Å². The molecule has 4 nitrogen and oxygen atoms in total. The third-order valence-electron chi connectivity index (χ3n) is 4.56. The summed E-state index contributed by atoms with van der Waals surface area (Å²) in [5, 5.41) is 2.07. The van der Waals surface area contributed by atoms with Crippen molar-refractivity contribution < 1.29 is 0 Å². The number of hydrogen-bond donors (Lipinski definition) is 1. The molecule has 1 aliphatic carbocycles. The highest BCUT2D eigenvalue weighted by Crippen LogP contribution is 2.40. The van der Waals surface area contributed by atoms with Gasteiger partial charge in [-0.05, 0) is 24.7 Å². The second kappa shape index (κ2) is 3.96. The average Bonchev–Trinajstić information content (AvgIpc) is 3.06. The first-order valence-electron chi connectivity index (χ1n) is 6.76. The van der Waals surface area contributed by atoms with Crippen molar-refractivity contribution in [2.75, 3.05) is 18.0 Å². The molecule has 18 heavy (non-hydrogen) atoms. The van der Waals surface area contributed by atoms with E-state index >= 15 is 0 Å². The molecule has 2 aromatic rings. The van der Waals surface area contributed by atoms with Crippen LogP contribution in [-0.4, -0.2) is 22.5 Å². The van der Waals surface area contributed by atoms with Crippen molar-refractivity contribution >= 4 is 22.1 Å². The Morgan fingerprint density at radius 1 is 1.33 bits per heavy atom. The molecule has 96 valence electrons. The van der Waals surface area contributed by atoms with Gasteiger partial charge >= 0.3 is 0 Å². The van der Waals surface area contributed by atoms with Crippen molar-refractivity contribution in [3.05, 3.63) is 17.3 Å². The summed E-state index contributed by atoms with van der Waals surface area (Å²) in [7, 11) is 0. The van der Waals surface area contributed by atoms with Gasteiger partial charge in [0.15, 0.2) is 10.8 Å². The molecule has 2 atom stereocenters. The molecule has 1 aliphatic heterocycles. The molecule has 4 rings (SSSR count). The quantitative estimate of drug-likeness (QED) is 0.901. The standard InChI is InChI=1S/C13H18N4S/c14-6-11-12(15-13-17(11)4-5-18-13)16-7-9-2-1-3-10(9)8-16/h4-5,9-10H,1-3,6-8,14H2. The molecule has 0 amide bonds. The maximum Gasteiger partial charge on any atom is 0.195 e. The topological polar surface area (TPSA) is 46.6 Å². The van der Waals surface area contributed by atoms with E-state index in [0.717, 1.165) is 22.6 Å². The number of anilines is 1. The van der Waals surface area contributed by atoms with Gasteiger partial charge in [0.25, 0.3) is 0 Å². The molecule has 1 saturated heterocycles. The normalized spacial score (nSPS) is 27.3. The maximum absolute atomic E-state index is 5.92. The van der Waals surface area contributed by atoms with Crippen LogP contribution >= 0.6 is 11.3 Å². The van der Waals surface area contributed by atoms with Gasteiger partial charge < -0.3 is 10.6 Å². The summed E-state index contributed by atoms with van der Waals surface area (Å²) in [6.07, 6.45) is 6.31. The lowest BCUT2D eigenvalue weighted by Gasteiger charge is -2.18. The zero-order valence-electron chi connectivity index (χ0n) is 10.4. The van der Waals surface area contributed by atoms with Crippen LogP contribution in [0.1, 0.15) is 25.0 Å². The Morgan fingerprint density at radius 2 is 2.11 bits per heavy atom. The van der Waals surface area contributed by atoms with E-state index < -0.39 is 0 Å². The van der Waals surface area contributed by atoms with E-state index in [9.17, 15) is 0 Å². The Balaban J connectivity index is 1.72. The van der Waals surface area contributed by atoms with Gasteiger partial charge in [-0.15, -0.1) is 11.3 Å². The van der Waals surface area contributed by atoms with Crippen LogP contribution in [0.15, 0.2) is 11.6 Å². The summed E-state index contributed by atoms with van der Waals surface area (Å²) in [4.78, 5) is 8.32. The minimum Gasteiger partial charge on any atom is -0.354 e. The summed E-state index contributed by atoms with van der Waals surface area (Å²) in [6.45, 7) is 2.93. The maximum atomic E-state index is 5.92. The van der Waals surface area contributed by atoms with Gasteiger partial charge in [0.2, 0.25) is 0 Å². The van der Waals surface area contributed by atoms with Gasteiger partial charge in [-0.1, -0.05) is 6.42 Å². The van der Waals surface area contributed by atoms with Crippen molar-refractivity contribution in [1.82, 2.24) is 9.38 Å². The molecule has 2 aromatic heterocycles. The monoisotopic (exact) mass is 262 g/mol. The van der Waals surface area contributed by atoms with Crippen molar-refractivity contribution in [2.24, 2.45) is 17.6 Å². The molecule has 3 heterocycles. The fourth-order valence-corrected chi connectivity index (χ4v) is 4.40. The highest BCUT2D eigenvalue weighted by atomic mass is 32.1. The van der Waals surface area contributed by atoms with Crippen molar-refractivity contribution in [2.45, 2.75) is 25.8 Å². The van der Waals surface area contributed by atoms with E-state index in [1.54, 1.807) is 11.3 Å². The van der Waals surface area contributed by atoms with Crippen molar-refractivity contribution in [1.29, 1.82) is 0 Å². The van der Waals surface area contributed by atoms with E-state index in [1.807, 2.05) is 0 Å². The van der Waals surface area contributed by atoms with E-state index in [0.29, 0.717) is 6.54 Å². The molecule has 5 heteroatoms. The van der Waals surface area contributed by atoms with Crippen molar-refractivity contribution in [3.63, 3.8) is 0 Å². The first kappa shape index (κ1) is 10.8. The predicted molar refractivity (Wildman–Crippen MR) is 74.0 cm³/mol. The van der Waals surface area contributed by atoms with Crippen LogP contribution in [-0.2, 0) is 6.54 Å². The minimum atomic E-state index is 0.569. The summed E-state index contributed by atoms with van der Waals surface area (Å²) in [5.41, 5.74) is 7.09. The average molecular weight is 262 g/mol. The Hall–Kier alpha value is -1.07. The summed E-state index contributed by atoms with van der Waals surface area (Å²) in [6, 6.07) is 0. The smallest absolute Gasteiger partial charge is 0.195 e. The predicted octanol–water partition coefficient (Wildman–Crippen LogP) is 2.09. The minimum absolute atomic E-state index is 0.569. The number of hydrogen-bond acceptors (Lipinski definition) is 4. The second-order valence-electron chi connectivity index (χ2n) is 5.50. The van der Waals surface area contributed by atoms with Crippen LogP contribution in [0, 0.1) is 11.8 Å². The number of fused-ring (bicyclic) bond motifs is 2. The Labute approximate surface area is 110 Å². The van der Waals surface area contributed by atoms with Crippen LogP contribution in [0.3, 0.4) is 0 Å². The Kier molecular flexibility index (Phi) is 2.38. The molecule has 1 saturated carbocycles. The van der Waals surface area contributed by atoms with Crippen molar-refractivity contribution in [3.8, 4) is 0 Å². The largest absolute Gasteiger partial charge is 0.354 e. The van der Waals surface area contributed by atoms with E-state index in [2.05, 4.69) is 20.9 Å². The third kappa shape index (κ3) is 1.44. The molecule has 2 N–H and O–H groups in total. The number of aromatic nitrogens is 2. The molecular weight excluding hydrogens is 244 g/mol. The van der Waals surface area contributed by atoms with Crippen LogP contribution in [0.25, 0.3) is 4.96 Å². The van der Waals surface area contributed by atoms with Gasteiger partial charge in [-0.25, -0.2) is 4.98 Å². The lowest BCUT2D eigenvalue weighted by Crippen LogP contribution is -2.23. The fraction of sp³-hybridized carbons (Fsp3) is 0.615. The van der Waals surface area contributed by atoms with E-state index in [-0.39, 0.29) is 0 Å². The van der Waals surface area contributed by atoms with Crippen LogP contribution in [0.5, 0.6) is 0 Å². The van der Waals surface area contributed by atoms with Gasteiger partial charge in [-0.2, -0.15) is 0 Å². The number of nitrogens with two attached hydrogens (primary N) is 1. The van der Waals surface area contributed by atoms with Gasteiger partial charge in [-0.3, -0.25) is 4.40 Å². The number of imidazole rings is 1. The number of thiazole rings is 1.